The molecule has 1 amide bonds. The first-order valence-electron chi connectivity index (χ1n) is 7.11. The predicted molar refractivity (Wildman–Crippen MR) is 75.7 cm³/mol. The van der Waals surface area contributed by atoms with E-state index in [1.54, 1.807) is 0 Å². The zero-order chi connectivity index (χ0) is 13.7. The fourth-order valence-electron chi connectivity index (χ4n) is 2.53. The van der Waals surface area contributed by atoms with E-state index in [-0.39, 0.29) is 17.9 Å². The van der Waals surface area contributed by atoms with Crippen LogP contribution in [0.5, 0.6) is 0 Å². The molecule has 0 spiro atoms. The predicted octanol–water partition coefficient (Wildman–Crippen LogP) is 2.93. The fourth-order valence-corrected chi connectivity index (χ4v) is 2.53. The Kier molecular flexibility index (Phi) is 4.97. The Morgan fingerprint density at radius 2 is 1.84 bits per heavy atom. The summed E-state index contributed by atoms with van der Waals surface area (Å²) in [5, 5.41) is 3.21. The van der Waals surface area contributed by atoms with Crippen molar-refractivity contribution in [1.29, 1.82) is 0 Å². The van der Waals surface area contributed by atoms with Crippen LogP contribution < -0.4 is 5.32 Å². The monoisotopic (exact) mass is 261 g/mol. The topological polar surface area (TPSA) is 38.3 Å². The third-order valence-corrected chi connectivity index (χ3v) is 3.72. The maximum atomic E-state index is 12.3. The Morgan fingerprint density at radius 3 is 2.42 bits per heavy atom. The van der Waals surface area contributed by atoms with Gasteiger partial charge in [0, 0.05) is 19.1 Å². The quantitative estimate of drug-likeness (QED) is 0.905. The van der Waals surface area contributed by atoms with Gasteiger partial charge in [-0.25, -0.2) is 0 Å². The highest BCUT2D eigenvalue weighted by atomic mass is 16.5. The van der Waals surface area contributed by atoms with Crippen LogP contribution in [0.2, 0.25) is 0 Å². The summed E-state index contributed by atoms with van der Waals surface area (Å²) in [4.78, 5) is 12.3. The lowest BCUT2D eigenvalue weighted by atomic mass is 9.93. The Bertz CT molecular complexity index is 396. The van der Waals surface area contributed by atoms with E-state index in [0.29, 0.717) is 19.1 Å². The van der Waals surface area contributed by atoms with Gasteiger partial charge in [0.25, 0.3) is 0 Å². The number of rotatable bonds is 4. The minimum Gasteiger partial charge on any atom is -0.381 e. The Balaban J connectivity index is 2.02. The highest BCUT2D eigenvalue weighted by molar-refractivity contribution is 5.79. The molecule has 1 aromatic rings. The lowest BCUT2D eigenvalue weighted by Crippen LogP contribution is -2.38. The molecule has 3 nitrogen and oxygen atoms in total. The molecule has 2 rings (SSSR count). The highest BCUT2D eigenvalue weighted by Gasteiger charge is 2.25. The van der Waals surface area contributed by atoms with Crippen LogP contribution in [-0.2, 0) is 9.53 Å². The minimum atomic E-state index is 0.0940. The number of amides is 1. The van der Waals surface area contributed by atoms with Gasteiger partial charge in [0.1, 0.15) is 0 Å². The number of hydrogen-bond donors (Lipinski definition) is 1. The molecule has 3 heteroatoms. The van der Waals surface area contributed by atoms with E-state index in [2.05, 4.69) is 31.3 Å². The van der Waals surface area contributed by atoms with Gasteiger partial charge in [0.2, 0.25) is 5.91 Å². The van der Waals surface area contributed by atoms with Crippen molar-refractivity contribution < 1.29 is 9.53 Å². The number of hydrogen-bond acceptors (Lipinski definition) is 2. The zero-order valence-corrected chi connectivity index (χ0v) is 11.8. The average molecular weight is 261 g/mol. The van der Waals surface area contributed by atoms with Crippen molar-refractivity contribution in [2.45, 2.75) is 32.7 Å². The van der Waals surface area contributed by atoms with Crippen LogP contribution in [0.1, 0.15) is 38.3 Å². The SMILES string of the molecule is CC(C)C(NC(=O)C1CCOCC1)c1ccccc1. The summed E-state index contributed by atoms with van der Waals surface area (Å²) < 4.78 is 5.31. The molecule has 1 unspecified atom stereocenters. The van der Waals surface area contributed by atoms with Crippen LogP contribution in [0.25, 0.3) is 0 Å². The third-order valence-electron chi connectivity index (χ3n) is 3.72. The molecule has 0 aromatic heterocycles. The molecule has 1 saturated heterocycles. The van der Waals surface area contributed by atoms with Crippen molar-refractivity contribution in [2.24, 2.45) is 11.8 Å². The standard InChI is InChI=1S/C16H23NO2/c1-12(2)15(13-6-4-3-5-7-13)17-16(18)14-8-10-19-11-9-14/h3-7,12,14-15H,8-11H2,1-2H3,(H,17,18). The molecule has 1 heterocycles. The van der Waals surface area contributed by atoms with Gasteiger partial charge in [0.05, 0.1) is 6.04 Å². The summed E-state index contributed by atoms with van der Waals surface area (Å²) in [6.45, 7) is 5.69. The second-order valence-corrected chi connectivity index (χ2v) is 5.53. The van der Waals surface area contributed by atoms with Gasteiger partial charge in [-0.1, -0.05) is 44.2 Å². The molecule has 0 saturated carbocycles. The maximum absolute atomic E-state index is 12.3. The van der Waals surface area contributed by atoms with E-state index in [9.17, 15) is 4.79 Å². The second kappa shape index (κ2) is 6.71. The van der Waals surface area contributed by atoms with Crippen molar-refractivity contribution in [3.8, 4) is 0 Å². The van der Waals surface area contributed by atoms with Crippen LogP contribution in [-0.4, -0.2) is 19.1 Å². The largest absolute Gasteiger partial charge is 0.381 e. The molecule has 19 heavy (non-hydrogen) atoms. The maximum Gasteiger partial charge on any atom is 0.223 e. The van der Waals surface area contributed by atoms with E-state index in [1.165, 1.54) is 5.56 Å². The molecule has 1 atom stereocenters. The summed E-state index contributed by atoms with van der Waals surface area (Å²) >= 11 is 0. The number of ether oxygens (including phenoxy) is 1. The van der Waals surface area contributed by atoms with Gasteiger partial charge in [0.15, 0.2) is 0 Å². The normalized spacial score (nSPS) is 18.3. The average Bonchev–Trinajstić information content (AvgIpc) is 2.46. The van der Waals surface area contributed by atoms with Crippen molar-refractivity contribution in [2.75, 3.05) is 13.2 Å². The molecule has 1 fully saturated rings. The minimum absolute atomic E-state index is 0.0940. The molecule has 1 N–H and O–H groups in total. The van der Waals surface area contributed by atoms with Crippen molar-refractivity contribution in [1.82, 2.24) is 5.32 Å². The molecular weight excluding hydrogens is 238 g/mol. The number of carbonyl (C=O) groups is 1. The first kappa shape index (κ1) is 14.1. The van der Waals surface area contributed by atoms with Gasteiger partial charge in [-0.15, -0.1) is 0 Å². The van der Waals surface area contributed by atoms with E-state index in [4.69, 9.17) is 4.74 Å². The summed E-state index contributed by atoms with van der Waals surface area (Å²) in [6, 6.07) is 10.3. The molecular formula is C16H23NO2. The fraction of sp³-hybridized carbons (Fsp3) is 0.562. The lowest BCUT2D eigenvalue weighted by Gasteiger charge is -2.27. The second-order valence-electron chi connectivity index (χ2n) is 5.53. The van der Waals surface area contributed by atoms with Gasteiger partial charge in [-0.2, -0.15) is 0 Å². The summed E-state index contributed by atoms with van der Waals surface area (Å²) in [5.41, 5.74) is 1.18. The van der Waals surface area contributed by atoms with E-state index < -0.39 is 0 Å². The number of nitrogens with one attached hydrogen (secondary N) is 1. The van der Waals surface area contributed by atoms with Crippen molar-refractivity contribution in [3.63, 3.8) is 0 Å². The molecule has 1 aromatic carbocycles. The number of carbonyl (C=O) groups excluding carboxylic acids is 1. The van der Waals surface area contributed by atoms with E-state index in [0.717, 1.165) is 12.8 Å². The van der Waals surface area contributed by atoms with E-state index in [1.807, 2.05) is 18.2 Å². The molecule has 0 aliphatic carbocycles. The summed E-state index contributed by atoms with van der Waals surface area (Å²) in [6.07, 6.45) is 1.68. The van der Waals surface area contributed by atoms with Gasteiger partial charge in [-0.05, 0) is 24.3 Å². The molecule has 1 aliphatic heterocycles. The molecule has 104 valence electrons. The van der Waals surface area contributed by atoms with E-state index >= 15 is 0 Å². The van der Waals surface area contributed by atoms with Gasteiger partial charge < -0.3 is 10.1 Å². The van der Waals surface area contributed by atoms with Crippen molar-refractivity contribution >= 4 is 5.91 Å². The Morgan fingerprint density at radius 1 is 1.21 bits per heavy atom. The van der Waals surface area contributed by atoms with Gasteiger partial charge in [-0.3, -0.25) is 4.79 Å². The van der Waals surface area contributed by atoms with Crippen LogP contribution in [0.3, 0.4) is 0 Å². The van der Waals surface area contributed by atoms with Crippen LogP contribution >= 0.6 is 0 Å². The number of benzene rings is 1. The Hall–Kier alpha value is -1.35. The molecule has 1 aliphatic rings. The first-order chi connectivity index (χ1) is 9.18. The van der Waals surface area contributed by atoms with Crippen LogP contribution in [0, 0.1) is 11.8 Å². The van der Waals surface area contributed by atoms with Crippen LogP contribution in [0.4, 0.5) is 0 Å². The summed E-state index contributed by atoms with van der Waals surface area (Å²) in [5.74, 6) is 0.663. The highest BCUT2D eigenvalue weighted by Crippen LogP contribution is 2.23. The summed E-state index contributed by atoms with van der Waals surface area (Å²) in [7, 11) is 0. The first-order valence-corrected chi connectivity index (χ1v) is 7.11. The Labute approximate surface area is 115 Å². The zero-order valence-electron chi connectivity index (χ0n) is 11.8. The van der Waals surface area contributed by atoms with Crippen LogP contribution in [0.15, 0.2) is 30.3 Å². The van der Waals surface area contributed by atoms with Gasteiger partial charge >= 0.3 is 0 Å². The molecule has 0 radical (unpaired) electrons. The van der Waals surface area contributed by atoms with Crippen molar-refractivity contribution in [3.05, 3.63) is 35.9 Å². The lowest BCUT2D eigenvalue weighted by molar-refractivity contribution is -0.129. The molecule has 0 bridgehead atoms. The smallest absolute Gasteiger partial charge is 0.223 e. The third kappa shape index (κ3) is 3.80.